The van der Waals surface area contributed by atoms with Crippen LogP contribution in [0.15, 0.2) is 122 Å². The highest BCUT2D eigenvalue weighted by molar-refractivity contribution is 7.47. The number of rotatable bonds is 72. The molecule has 0 fully saturated rings. The summed E-state index contributed by atoms with van der Waals surface area (Å²) in [5, 5.41) is 10.6. The first-order chi connectivity index (χ1) is 48.7. The minimum atomic E-state index is -4.99. The van der Waals surface area contributed by atoms with Gasteiger partial charge in [-0.1, -0.05) is 284 Å². The van der Waals surface area contributed by atoms with Gasteiger partial charge in [-0.2, -0.15) is 0 Å². The van der Waals surface area contributed by atoms with Gasteiger partial charge in [0, 0.05) is 25.7 Å². The SMILES string of the molecule is CC/C=C\C/C=C\C/C=C\C/C=C\C/C=C\CCCC(=O)OCC(COP(=O)(O)OCC(O)COP(=O)(O)OCC(COC(=O)CCCCCCC/C=C\C/C=C\C/C=C\CC)OC(=O)CCCCCCCCCCCCCCCCC)OC(=O)CCCCCCC/C=C\C/C=C\CCC. The molecular formula is C81H138O17P2. The van der Waals surface area contributed by atoms with Gasteiger partial charge in [-0.15, -0.1) is 0 Å². The fourth-order valence-corrected chi connectivity index (χ4v) is 11.7. The number of aliphatic hydroxyl groups is 1. The monoisotopic (exact) mass is 1440 g/mol. The maximum absolute atomic E-state index is 13.1. The molecule has 0 radical (unpaired) electrons. The number of esters is 4. The zero-order valence-corrected chi connectivity index (χ0v) is 64.4. The van der Waals surface area contributed by atoms with Crippen LogP contribution in [0, 0.1) is 0 Å². The van der Waals surface area contributed by atoms with Gasteiger partial charge in [-0.3, -0.25) is 37.3 Å². The highest BCUT2D eigenvalue weighted by atomic mass is 31.2. The summed E-state index contributed by atoms with van der Waals surface area (Å²) in [5.74, 6) is -2.27. The summed E-state index contributed by atoms with van der Waals surface area (Å²) in [6, 6.07) is 0. The number of carbonyl (C=O) groups is 4. The van der Waals surface area contributed by atoms with Crippen LogP contribution in [0.3, 0.4) is 0 Å². The van der Waals surface area contributed by atoms with Crippen LogP contribution >= 0.6 is 15.6 Å². The number of unbranched alkanes of at least 4 members (excludes halogenated alkanes) is 26. The molecule has 17 nitrogen and oxygen atoms in total. The molecule has 0 heterocycles. The molecule has 100 heavy (non-hydrogen) atoms. The van der Waals surface area contributed by atoms with E-state index in [-0.39, 0.29) is 25.7 Å². The van der Waals surface area contributed by atoms with Crippen molar-refractivity contribution in [2.24, 2.45) is 0 Å². The zero-order valence-electron chi connectivity index (χ0n) is 62.6. The molecule has 0 amide bonds. The van der Waals surface area contributed by atoms with Gasteiger partial charge in [0.1, 0.15) is 19.3 Å². The number of phosphoric ester groups is 2. The first-order valence-electron chi connectivity index (χ1n) is 38.8. The molecule has 3 N–H and O–H groups in total. The molecule has 0 spiro atoms. The van der Waals surface area contributed by atoms with Crippen LogP contribution in [-0.2, 0) is 65.4 Å². The van der Waals surface area contributed by atoms with E-state index in [2.05, 4.69) is 137 Å². The van der Waals surface area contributed by atoms with E-state index in [1.165, 1.54) is 64.2 Å². The highest BCUT2D eigenvalue weighted by Crippen LogP contribution is 2.45. The van der Waals surface area contributed by atoms with Crippen molar-refractivity contribution in [2.75, 3.05) is 39.6 Å². The molecule has 0 aliphatic rings. The van der Waals surface area contributed by atoms with Gasteiger partial charge in [0.25, 0.3) is 0 Å². The van der Waals surface area contributed by atoms with Gasteiger partial charge >= 0.3 is 39.5 Å². The maximum atomic E-state index is 13.1. The number of aliphatic hydroxyl groups excluding tert-OH is 1. The minimum absolute atomic E-state index is 0.0642. The number of ether oxygens (including phenoxy) is 4. The van der Waals surface area contributed by atoms with E-state index in [4.69, 9.17) is 37.0 Å². The second kappa shape index (κ2) is 72.8. The second-order valence-electron chi connectivity index (χ2n) is 25.5. The number of hydrogen-bond acceptors (Lipinski definition) is 15. The number of carbonyl (C=O) groups excluding carboxylic acids is 4. The number of phosphoric acid groups is 2. The van der Waals surface area contributed by atoms with E-state index in [1.54, 1.807) is 0 Å². The van der Waals surface area contributed by atoms with Crippen LogP contribution in [0.25, 0.3) is 0 Å². The second-order valence-corrected chi connectivity index (χ2v) is 28.4. The van der Waals surface area contributed by atoms with E-state index in [9.17, 15) is 43.2 Å². The first kappa shape index (κ1) is 95.5. The fraction of sp³-hybridized carbons (Fsp3) is 0.704. The topological polar surface area (TPSA) is 237 Å². The van der Waals surface area contributed by atoms with Crippen LogP contribution < -0.4 is 0 Å². The summed E-state index contributed by atoms with van der Waals surface area (Å²) >= 11 is 0. The summed E-state index contributed by atoms with van der Waals surface area (Å²) in [4.78, 5) is 72.9. The van der Waals surface area contributed by atoms with Crippen molar-refractivity contribution in [3.63, 3.8) is 0 Å². The molecule has 0 rings (SSSR count). The van der Waals surface area contributed by atoms with Gasteiger partial charge in [-0.25, -0.2) is 9.13 Å². The normalized spacial score (nSPS) is 14.6. The Kier molecular flexibility index (Phi) is 69.5. The summed E-state index contributed by atoms with van der Waals surface area (Å²) < 4.78 is 68.4. The average Bonchev–Trinajstić information content (AvgIpc) is 0.965. The van der Waals surface area contributed by atoms with Gasteiger partial charge in [-0.05, 0) is 122 Å². The molecule has 0 aliphatic carbocycles. The van der Waals surface area contributed by atoms with Gasteiger partial charge < -0.3 is 33.8 Å². The van der Waals surface area contributed by atoms with Crippen LogP contribution in [-0.4, -0.2) is 96.7 Å². The van der Waals surface area contributed by atoms with E-state index < -0.39 is 97.5 Å². The molecule has 19 heteroatoms. The van der Waals surface area contributed by atoms with E-state index in [0.717, 1.165) is 161 Å². The zero-order chi connectivity index (χ0) is 73.2. The van der Waals surface area contributed by atoms with Crippen LogP contribution in [0.2, 0.25) is 0 Å². The van der Waals surface area contributed by atoms with Crippen molar-refractivity contribution in [3.05, 3.63) is 122 Å². The van der Waals surface area contributed by atoms with Gasteiger partial charge in [0.2, 0.25) is 0 Å². The Morgan fingerprint density at radius 1 is 0.290 bits per heavy atom. The van der Waals surface area contributed by atoms with Gasteiger partial charge in [0.15, 0.2) is 12.2 Å². The minimum Gasteiger partial charge on any atom is -0.462 e. The summed E-state index contributed by atoms with van der Waals surface area (Å²) in [6.45, 7) is 4.50. The Morgan fingerprint density at radius 2 is 0.550 bits per heavy atom. The van der Waals surface area contributed by atoms with Crippen molar-refractivity contribution in [3.8, 4) is 0 Å². The predicted octanol–water partition coefficient (Wildman–Crippen LogP) is 22.3. The Morgan fingerprint density at radius 3 is 0.880 bits per heavy atom. The number of allylic oxidation sites excluding steroid dienone is 20. The first-order valence-corrected chi connectivity index (χ1v) is 41.8. The fourth-order valence-electron chi connectivity index (χ4n) is 10.1. The Bertz CT molecular complexity index is 2370. The Labute approximate surface area is 606 Å². The van der Waals surface area contributed by atoms with E-state index in [0.29, 0.717) is 32.1 Å². The lowest BCUT2D eigenvalue weighted by Crippen LogP contribution is -2.30. The third-order valence-electron chi connectivity index (χ3n) is 15.9. The van der Waals surface area contributed by atoms with E-state index >= 15 is 0 Å². The average molecular weight is 1450 g/mol. The molecule has 0 aromatic rings. The van der Waals surface area contributed by atoms with Crippen LogP contribution in [0.5, 0.6) is 0 Å². The molecule has 574 valence electrons. The largest absolute Gasteiger partial charge is 0.472 e. The Hall–Kier alpha value is -4.54. The van der Waals surface area contributed by atoms with Crippen molar-refractivity contribution < 1.29 is 80.2 Å². The molecule has 0 aromatic carbocycles. The summed E-state index contributed by atoms with van der Waals surface area (Å²) in [7, 11) is -9.97. The third-order valence-corrected chi connectivity index (χ3v) is 17.8. The van der Waals surface area contributed by atoms with Crippen LogP contribution in [0.4, 0.5) is 0 Å². The molecule has 0 aliphatic heterocycles. The maximum Gasteiger partial charge on any atom is 0.472 e. The summed E-state index contributed by atoms with van der Waals surface area (Å²) in [5.41, 5.74) is 0. The van der Waals surface area contributed by atoms with E-state index in [1.807, 2.05) is 12.2 Å². The van der Waals surface area contributed by atoms with Crippen molar-refractivity contribution in [1.29, 1.82) is 0 Å². The Balaban J connectivity index is 5.41. The molecule has 5 atom stereocenters. The molecular weight excluding hydrogens is 1310 g/mol. The summed E-state index contributed by atoms with van der Waals surface area (Å²) in [6.07, 6.45) is 79.1. The van der Waals surface area contributed by atoms with Gasteiger partial charge in [0.05, 0.1) is 26.4 Å². The molecule has 0 saturated heterocycles. The lowest BCUT2D eigenvalue weighted by Gasteiger charge is -2.21. The van der Waals surface area contributed by atoms with Crippen molar-refractivity contribution >= 4 is 39.5 Å². The molecule has 5 unspecified atom stereocenters. The molecule has 0 saturated carbocycles. The molecule has 0 bridgehead atoms. The lowest BCUT2D eigenvalue weighted by atomic mass is 10.0. The molecule has 0 aromatic heterocycles. The quantitative estimate of drug-likeness (QED) is 0.0169. The number of hydrogen-bond donors (Lipinski definition) is 3. The van der Waals surface area contributed by atoms with Crippen molar-refractivity contribution in [1.82, 2.24) is 0 Å². The smallest absolute Gasteiger partial charge is 0.462 e. The lowest BCUT2D eigenvalue weighted by molar-refractivity contribution is -0.161. The predicted molar refractivity (Wildman–Crippen MR) is 408 cm³/mol. The third kappa shape index (κ3) is 71.8. The van der Waals surface area contributed by atoms with Crippen LogP contribution in [0.1, 0.15) is 310 Å². The standard InChI is InChI=1S/C81H138O17P2/c1-5-9-13-17-21-25-29-33-36-37-40-43-46-50-54-58-62-66-79(84)92-71-76(97-80(85)67-63-59-55-51-47-41-32-28-24-20-16-12-8-4)73-95-99(87,88)93-69-75(82)70-94-100(89,90)96-74-77(98-81(86)68-64-60-56-52-48-44-39-35-31-27-23-19-15-11-7-3)72-91-78(83)65-61-57-53-49-45-42-38-34-30-26-22-18-14-10-6-2/h9-10,13-14,16,20-22,25-26,28,32-34,36,38,40,43,50,54,75-77,82H,5-8,11-12,15,17-19,23-24,27,29-31,35,37,39,41-42,44-49,51-53,55-74H2,1-4H3,(H,87,88)(H,89,90)/b13-9-,14-10-,20-16-,25-21-,26-22-,32-28-,36-33-,38-34-,43-40-,54-50-. The van der Waals surface area contributed by atoms with Crippen molar-refractivity contribution in [2.45, 2.75) is 329 Å². The highest BCUT2D eigenvalue weighted by Gasteiger charge is 2.30.